The van der Waals surface area contributed by atoms with E-state index in [0.717, 1.165) is 17.7 Å². The second-order valence-electron chi connectivity index (χ2n) is 16.6. The molecule has 6 heterocycles. The molecule has 0 radical (unpaired) electrons. The van der Waals surface area contributed by atoms with Gasteiger partial charge in [0.1, 0.15) is 18.1 Å². The van der Waals surface area contributed by atoms with Gasteiger partial charge in [-0.3, -0.25) is 43.9 Å². The zero-order valence-corrected chi connectivity index (χ0v) is 35.7. The molecule has 1 aliphatic carbocycles. The number of piperidine rings is 1. The molecule has 18 nitrogen and oxygen atoms in total. The number of nitrogens with zero attached hydrogens (tertiary/aromatic N) is 7. The molecule has 66 heavy (non-hydrogen) atoms. The average molecular weight is 905 g/mol. The highest BCUT2D eigenvalue weighted by Crippen LogP contribution is 2.35. The van der Waals surface area contributed by atoms with Crippen LogP contribution >= 0.6 is 0 Å². The average Bonchev–Trinajstić information content (AvgIpc) is 3.73. The van der Waals surface area contributed by atoms with E-state index < -0.39 is 47.7 Å². The zero-order chi connectivity index (χ0) is 45.9. The number of carbonyl (C=O) groups is 6. The SMILES string of the molecule is O=C1CCC(N2C(=O)c3cccc(N4CCN(CCOCCCC(=O)c5ccc(-n6cc(NC(=O)c7coc(-c8ccnc(NCC9CC9)c8)n7)c(C(F)F)n6)cc5)CC4)c3C2=O)C(=O)N1. The van der Waals surface area contributed by atoms with Crippen LogP contribution in [0.1, 0.15) is 92.2 Å². The van der Waals surface area contributed by atoms with Crippen LogP contribution in [0.4, 0.5) is 26.0 Å². The number of ether oxygens (including phenoxy) is 1. The lowest BCUT2D eigenvalue weighted by atomic mass is 10.0. The number of anilines is 3. The van der Waals surface area contributed by atoms with Crippen molar-refractivity contribution in [1.29, 1.82) is 0 Å². The molecular formula is C46H46F2N10O8. The first-order chi connectivity index (χ1) is 32.0. The van der Waals surface area contributed by atoms with Crippen molar-refractivity contribution in [2.75, 3.05) is 68.0 Å². The molecular weight excluding hydrogens is 859 g/mol. The van der Waals surface area contributed by atoms with Gasteiger partial charge in [0, 0.05) is 76.0 Å². The number of oxazole rings is 1. The van der Waals surface area contributed by atoms with Crippen LogP contribution in [0.3, 0.4) is 0 Å². The van der Waals surface area contributed by atoms with Crippen LogP contribution in [0.5, 0.6) is 0 Å². The first kappa shape index (κ1) is 44.0. The minimum absolute atomic E-state index is 0.0521. The zero-order valence-electron chi connectivity index (χ0n) is 35.7. The predicted octanol–water partition coefficient (Wildman–Crippen LogP) is 5.14. The molecule has 4 aliphatic rings. The van der Waals surface area contributed by atoms with Gasteiger partial charge >= 0.3 is 0 Å². The molecule has 5 aromatic rings. The Morgan fingerprint density at radius 1 is 0.955 bits per heavy atom. The summed E-state index contributed by atoms with van der Waals surface area (Å²) in [4.78, 5) is 90.9. The molecule has 3 fully saturated rings. The van der Waals surface area contributed by atoms with Gasteiger partial charge in [0.05, 0.1) is 41.0 Å². The number of hydrogen-bond acceptors (Lipinski definition) is 14. The molecule has 1 atom stereocenters. The topological polar surface area (TPSA) is 214 Å². The van der Waals surface area contributed by atoms with Crippen LogP contribution in [-0.4, -0.2) is 123 Å². The van der Waals surface area contributed by atoms with Gasteiger partial charge in [-0.1, -0.05) is 6.07 Å². The van der Waals surface area contributed by atoms with Crippen LogP contribution in [-0.2, 0) is 14.3 Å². The lowest BCUT2D eigenvalue weighted by molar-refractivity contribution is -0.136. The lowest BCUT2D eigenvalue weighted by Crippen LogP contribution is -2.54. The quantitative estimate of drug-likeness (QED) is 0.0591. The maximum Gasteiger partial charge on any atom is 0.284 e. The minimum Gasteiger partial charge on any atom is -0.444 e. The van der Waals surface area contributed by atoms with E-state index in [1.807, 2.05) is 0 Å². The van der Waals surface area contributed by atoms with Gasteiger partial charge in [0.25, 0.3) is 24.1 Å². The fourth-order valence-electron chi connectivity index (χ4n) is 8.25. The summed E-state index contributed by atoms with van der Waals surface area (Å²) in [5.41, 5.74) is 1.65. The van der Waals surface area contributed by atoms with Crippen LogP contribution < -0.4 is 20.9 Å². The molecule has 2 saturated heterocycles. The second-order valence-corrected chi connectivity index (χ2v) is 16.6. The van der Waals surface area contributed by atoms with E-state index in [1.54, 1.807) is 60.8 Å². The van der Waals surface area contributed by atoms with Crippen LogP contribution in [0.25, 0.3) is 17.1 Å². The summed E-state index contributed by atoms with van der Waals surface area (Å²) in [5.74, 6) is -1.54. The van der Waals surface area contributed by atoms with Crippen molar-refractivity contribution in [1.82, 2.24) is 34.9 Å². The van der Waals surface area contributed by atoms with Crippen LogP contribution in [0.2, 0.25) is 0 Å². The Labute approximate surface area is 376 Å². The molecule has 342 valence electrons. The Kier molecular flexibility index (Phi) is 12.7. The van der Waals surface area contributed by atoms with Gasteiger partial charge in [0.15, 0.2) is 17.2 Å². The van der Waals surface area contributed by atoms with Gasteiger partial charge in [-0.05, 0) is 80.1 Å². The number of pyridine rings is 1. The van der Waals surface area contributed by atoms with Crippen LogP contribution in [0.15, 0.2) is 77.7 Å². The normalized spacial score (nSPS) is 17.7. The summed E-state index contributed by atoms with van der Waals surface area (Å²) in [5, 5.41) is 12.0. The number of piperazine rings is 1. The van der Waals surface area contributed by atoms with Crippen molar-refractivity contribution in [2.45, 2.75) is 51.0 Å². The highest BCUT2D eigenvalue weighted by Gasteiger charge is 2.46. The van der Waals surface area contributed by atoms with Crippen molar-refractivity contribution in [2.24, 2.45) is 5.92 Å². The van der Waals surface area contributed by atoms with E-state index in [2.05, 4.69) is 40.8 Å². The number of fused-ring (bicyclic) bond motifs is 1. The number of benzene rings is 2. The molecule has 3 aromatic heterocycles. The molecule has 2 aromatic carbocycles. The monoisotopic (exact) mass is 904 g/mol. The summed E-state index contributed by atoms with van der Waals surface area (Å²) in [6.45, 7) is 4.89. The Balaban J connectivity index is 0.708. The number of hydrogen-bond donors (Lipinski definition) is 3. The highest BCUT2D eigenvalue weighted by atomic mass is 19.3. The Bertz CT molecular complexity index is 2670. The first-order valence-electron chi connectivity index (χ1n) is 21.9. The third-order valence-electron chi connectivity index (χ3n) is 12.1. The summed E-state index contributed by atoms with van der Waals surface area (Å²) >= 11 is 0. The van der Waals surface area contributed by atoms with E-state index in [0.29, 0.717) is 86.6 Å². The highest BCUT2D eigenvalue weighted by molar-refractivity contribution is 6.25. The Morgan fingerprint density at radius 3 is 2.52 bits per heavy atom. The minimum atomic E-state index is -2.99. The number of alkyl halides is 2. The maximum absolute atomic E-state index is 14.1. The Hall–Kier alpha value is -7.19. The molecule has 3 N–H and O–H groups in total. The van der Waals surface area contributed by atoms with Crippen molar-refractivity contribution < 1.29 is 46.7 Å². The van der Waals surface area contributed by atoms with Crippen LogP contribution in [0, 0.1) is 5.92 Å². The number of rotatable bonds is 18. The molecule has 20 heteroatoms. The van der Waals surface area contributed by atoms with Gasteiger partial charge in [-0.25, -0.2) is 23.4 Å². The number of nitrogens with one attached hydrogen (secondary N) is 3. The standard InChI is InChI=1S/C46H46F2N10O8/c47-41(48)40-32(51-42(61)33-26-66-44(52-33)29-14-15-49-37(23-29)50-24-27-6-7-27)25-57(54-40)30-10-8-28(9-11-30)36(59)5-2-21-65-22-20-55-16-18-56(19-17-55)34-4-1-3-31-39(34)46(64)58(45(31)63)35-12-13-38(60)53-43(35)62/h1,3-4,8-11,14-15,23,25-27,35,41H,2,5-7,12-13,16-22,24H2,(H,49,50)(H,51,61)(H,53,60,62). The van der Waals surface area contributed by atoms with Gasteiger partial charge in [-0.2, -0.15) is 5.10 Å². The second kappa shape index (κ2) is 19.1. The van der Waals surface area contributed by atoms with Crippen molar-refractivity contribution in [3.63, 3.8) is 0 Å². The summed E-state index contributed by atoms with van der Waals surface area (Å²) in [6, 6.07) is 13.9. The molecule has 5 amide bonds. The van der Waals surface area contributed by atoms with E-state index in [4.69, 9.17) is 9.15 Å². The van der Waals surface area contributed by atoms with Gasteiger partial charge < -0.3 is 24.7 Å². The third kappa shape index (κ3) is 9.59. The number of Topliss-reactive ketones (excluding diaryl/α,β-unsaturated/α-hetero) is 1. The Morgan fingerprint density at radius 2 is 1.76 bits per heavy atom. The number of carbonyl (C=O) groups excluding carboxylic acids is 6. The smallest absolute Gasteiger partial charge is 0.284 e. The fraction of sp³-hybridized carbons (Fsp3) is 0.370. The van der Waals surface area contributed by atoms with Gasteiger partial charge in [0.2, 0.25) is 17.7 Å². The predicted molar refractivity (Wildman–Crippen MR) is 234 cm³/mol. The lowest BCUT2D eigenvalue weighted by Gasteiger charge is -2.36. The van der Waals surface area contributed by atoms with Crippen molar-refractivity contribution in [3.05, 3.63) is 101 Å². The van der Waals surface area contributed by atoms with E-state index in [-0.39, 0.29) is 53.4 Å². The molecule has 1 saturated carbocycles. The molecule has 0 spiro atoms. The van der Waals surface area contributed by atoms with E-state index >= 15 is 0 Å². The number of imide groups is 2. The summed E-state index contributed by atoms with van der Waals surface area (Å²) in [7, 11) is 0. The summed E-state index contributed by atoms with van der Waals surface area (Å²) in [6.07, 6.45) is 4.28. The number of aromatic nitrogens is 4. The van der Waals surface area contributed by atoms with Gasteiger partial charge in [-0.15, -0.1) is 0 Å². The number of halogens is 2. The molecule has 9 rings (SSSR count). The molecule has 1 unspecified atom stereocenters. The first-order valence-corrected chi connectivity index (χ1v) is 21.9. The fourth-order valence-corrected chi connectivity index (χ4v) is 8.25. The molecule has 3 aliphatic heterocycles. The molecule has 0 bridgehead atoms. The van der Waals surface area contributed by atoms with E-state index in [9.17, 15) is 37.5 Å². The number of ketones is 1. The summed E-state index contributed by atoms with van der Waals surface area (Å²) < 4.78 is 40.8. The largest absolute Gasteiger partial charge is 0.444 e. The maximum atomic E-state index is 14.1. The third-order valence-corrected chi connectivity index (χ3v) is 12.1. The van der Waals surface area contributed by atoms with E-state index in [1.165, 1.54) is 23.7 Å². The van der Waals surface area contributed by atoms with Crippen molar-refractivity contribution >= 4 is 52.5 Å². The number of amides is 5. The van der Waals surface area contributed by atoms with Crippen molar-refractivity contribution in [3.8, 4) is 17.1 Å².